The van der Waals surface area contributed by atoms with Crippen molar-refractivity contribution >= 4 is 11.8 Å². The van der Waals surface area contributed by atoms with Crippen molar-refractivity contribution in [1.82, 2.24) is 10.6 Å². The van der Waals surface area contributed by atoms with Crippen LogP contribution >= 0.6 is 0 Å². The number of halogens is 1. The maximum absolute atomic E-state index is 13.0. The fourth-order valence-electron chi connectivity index (χ4n) is 2.95. The van der Waals surface area contributed by atoms with Crippen LogP contribution in [0.15, 0.2) is 35.9 Å². The molecular weight excluding hydrogens is 319 g/mol. The molecule has 1 aromatic carbocycles. The molecule has 2 N–H and O–H groups in total. The molecular formula is C20H27FN2O2. The molecule has 0 aliphatic heterocycles. The Morgan fingerprint density at radius 3 is 2.48 bits per heavy atom. The molecule has 1 aromatic rings. The standard InChI is InChI=1S/C20H27FN2O2/c1-14(2)18(23-19(24)16-8-10-17(21)11-9-16)20(25)22-13-12-15-6-4-3-5-7-15/h6,8-11,14,18H,3-5,7,12-13H2,1-2H3,(H,22,25)(H,23,24)/t18-/m0/s1. The van der Waals surface area contributed by atoms with E-state index in [1.165, 1.54) is 42.7 Å². The summed E-state index contributed by atoms with van der Waals surface area (Å²) < 4.78 is 13.0. The van der Waals surface area contributed by atoms with Crippen LogP contribution in [-0.4, -0.2) is 24.4 Å². The lowest BCUT2D eigenvalue weighted by Gasteiger charge is -2.22. The van der Waals surface area contributed by atoms with Crippen molar-refractivity contribution in [3.63, 3.8) is 0 Å². The van der Waals surface area contributed by atoms with Gasteiger partial charge in [-0.3, -0.25) is 9.59 Å². The summed E-state index contributed by atoms with van der Waals surface area (Å²) in [4.78, 5) is 24.7. The van der Waals surface area contributed by atoms with Crippen molar-refractivity contribution in [2.45, 2.75) is 52.0 Å². The molecule has 4 nitrogen and oxygen atoms in total. The van der Waals surface area contributed by atoms with Crippen molar-refractivity contribution in [3.8, 4) is 0 Å². The monoisotopic (exact) mass is 346 g/mol. The Morgan fingerprint density at radius 1 is 1.16 bits per heavy atom. The lowest BCUT2D eigenvalue weighted by molar-refractivity contribution is -0.123. The molecule has 5 heteroatoms. The lowest BCUT2D eigenvalue weighted by atomic mass is 9.97. The molecule has 2 amide bonds. The first-order valence-electron chi connectivity index (χ1n) is 8.99. The number of hydrogen-bond acceptors (Lipinski definition) is 2. The maximum Gasteiger partial charge on any atom is 0.251 e. The van der Waals surface area contributed by atoms with Gasteiger partial charge in [0, 0.05) is 12.1 Å². The molecule has 25 heavy (non-hydrogen) atoms. The summed E-state index contributed by atoms with van der Waals surface area (Å²) >= 11 is 0. The third kappa shape index (κ3) is 6.00. The first-order valence-corrected chi connectivity index (χ1v) is 8.99. The Balaban J connectivity index is 1.87. The van der Waals surface area contributed by atoms with Crippen LogP contribution in [-0.2, 0) is 4.79 Å². The molecule has 1 aliphatic carbocycles. The van der Waals surface area contributed by atoms with Gasteiger partial charge in [-0.2, -0.15) is 0 Å². The Morgan fingerprint density at radius 2 is 1.88 bits per heavy atom. The lowest BCUT2D eigenvalue weighted by Crippen LogP contribution is -2.49. The predicted molar refractivity (Wildman–Crippen MR) is 96.7 cm³/mol. The molecule has 0 saturated carbocycles. The van der Waals surface area contributed by atoms with Crippen LogP contribution in [0.25, 0.3) is 0 Å². The van der Waals surface area contributed by atoms with E-state index in [-0.39, 0.29) is 17.7 Å². The summed E-state index contributed by atoms with van der Waals surface area (Å²) in [5.41, 5.74) is 1.75. The molecule has 136 valence electrons. The zero-order valence-corrected chi connectivity index (χ0v) is 15.0. The Hall–Kier alpha value is -2.17. The van der Waals surface area contributed by atoms with Gasteiger partial charge in [0.2, 0.25) is 5.91 Å². The smallest absolute Gasteiger partial charge is 0.251 e. The normalized spacial score (nSPS) is 15.4. The van der Waals surface area contributed by atoms with Crippen LogP contribution in [0.2, 0.25) is 0 Å². The van der Waals surface area contributed by atoms with Gasteiger partial charge in [0.05, 0.1) is 0 Å². The Bertz CT molecular complexity index is 623. The molecule has 0 fully saturated rings. The van der Waals surface area contributed by atoms with E-state index in [2.05, 4.69) is 16.7 Å². The minimum absolute atomic E-state index is 0.0432. The summed E-state index contributed by atoms with van der Waals surface area (Å²) in [5.74, 6) is -0.990. The van der Waals surface area contributed by atoms with Gasteiger partial charge >= 0.3 is 0 Å². The van der Waals surface area contributed by atoms with Gasteiger partial charge in [0.1, 0.15) is 11.9 Å². The van der Waals surface area contributed by atoms with Crippen molar-refractivity contribution < 1.29 is 14.0 Å². The van der Waals surface area contributed by atoms with Crippen LogP contribution in [0.5, 0.6) is 0 Å². The maximum atomic E-state index is 13.0. The van der Waals surface area contributed by atoms with E-state index in [4.69, 9.17) is 0 Å². The highest BCUT2D eigenvalue weighted by Crippen LogP contribution is 2.19. The molecule has 0 bridgehead atoms. The Kier molecular flexibility index (Phi) is 7.16. The minimum atomic E-state index is -0.613. The van der Waals surface area contributed by atoms with Gasteiger partial charge in [-0.1, -0.05) is 25.5 Å². The van der Waals surface area contributed by atoms with Crippen molar-refractivity contribution in [3.05, 3.63) is 47.3 Å². The van der Waals surface area contributed by atoms with Crippen molar-refractivity contribution in [2.24, 2.45) is 5.92 Å². The van der Waals surface area contributed by atoms with Crippen molar-refractivity contribution in [1.29, 1.82) is 0 Å². The van der Waals surface area contributed by atoms with E-state index in [0.29, 0.717) is 12.1 Å². The van der Waals surface area contributed by atoms with E-state index >= 15 is 0 Å². The van der Waals surface area contributed by atoms with Crippen LogP contribution in [0.3, 0.4) is 0 Å². The molecule has 0 radical (unpaired) electrons. The molecule has 0 aromatic heterocycles. The van der Waals surface area contributed by atoms with E-state index in [1.807, 2.05) is 13.8 Å². The van der Waals surface area contributed by atoms with Gasteiger partial charge in [-0.05, 0) is 62.3 Å². The number of hydrogen-bond donors (Lipinski definition) is 2. The summed E-state index contributed by atoms with van der Waals surface area (Å²) in [5, 5.41) is 5.68. The molecule has 0 saturated heterocycles. The minimum Gasteiger partial charge on any atom is -0.354 e. The zero-order chi connectivity index (χ0) is 18.2. The topological polar surface area (TPSA) is 58.2 Å². The average molecular weight is 346 g/mol. The first kappa shape index (κ1) is 19.2. The van der Waals surface area contributed by atoms with Gasteiger partial charge in [0.25, 0.3) is 5.91 Å². The fraction of sp³-hybridized carbons (Fsp3) is 0.500. The SMILES string of the molecule is CC(C)[C@H](NC(=O)c1ccc(F)cc1)C(=O)NCCC1=CCCCC1. The Labute approximate surface area is 148 Å². The molecule has 1 atom stereocenters. The molecule has 1 aliphatic rings. The second kappa shape index (κ2) is 9.35. The highest BCUT2D eigenvalue weighted by molar-refractivity contribution is 5.97. The number of amides is 2. The van der Waals surface area contributed by atoms with E-state index < -0.39 is 11.9 Å². The molecule has 0 unspecified atom stereocenters. The zero-order valence-electron chi connectivity index (χ0n) is 15.0. The van der Waals surface area contributed by atoms with E-state index in [0.717, 1.165) is 19.3 Å². The number of carbonyl (C=O) groups excluding carboxylic acids is 2. The summed E-state index contributed by atoms with van der Waals surface area (Å²) in [6, 6.07) is 4.68. The third-order valence-electron chi connectivity index (χ3n) is 4.47. The van der Waals surface area contributed by atoms with Gasteiger partial charge in [-0.15, -0.1) is 0 Å². The molecule has 0 spiro atoms. The van der Waals surface area contributed by atoms with E-state index in [9.17, 15) is 14.0 Å². The largest absolute Gasteiger partial charge is 0.354 e. The van der Waals surface area contributed by atoms with Gasteiger partial charge in [-0.25, -0.2) is 4.39 Å². The third-order valence-corrected chi connectivity index (χ3v) is 4.47. The highest BCUT2D eigenvalue weighted by atomic mass is 19.1. The summed E-state index contributed by atoms with van der Waals surface area (Å²) in [6.07, 6.45) is 7.85. The number of allylic oxidation sites excluding steroid dienone is 1. The van der Waals surface area contributed by atoms with E-state index in [1.54, 1.807) is 0 Å². The first-order chi connectivity index (χ1) is 12.0. The number of benzene rings is 1. The van der Waals surface area contributed by atoms with Crippen LogP contribution in [0.4, 0.5) is 4.39 Å². The van der Waals surface area contributed by atoms with Crippen LogP contribution in [0, 0.1) is 11.7 Å². The van der Waals surface area contributed by atoms with Crippen LogP contribution in [0.1, 0.15) is 56.3 Å². The highest BCUT2D eigenvalue weighted by Gasteiger charge is 2.24. The van der Waals surface area contributed by atoms with Crippen LogP contribution < -0.4 is 10.6 Å². The number of rotatable bonds is 7. The molecule has 0 heterocycles. The van der Waals surface area contributed by atoms with Gasteiger partial charge in [0.15, 0.2) is 0 Å². The summed E-state index contributed by atoms with van der Waals surface area (Å²) in [7, 11) is 0. The second-order valence-corrected chi connectivity index (χ2v) is 6.85. The fourth-order valence-corrected chi connectivity index (χ4v) is 2.95. The van der Waals surface area contributed by atoms with Gasteiger partial charge < -0.3 is 10.6 Å². The molecule has 2 rings (SSSR count). The predicted octanol–water partition coefficient (Wildman–Crippen LogP) is 3.59. The number of nitrogens with one attached hydrogen (secondary N) is 2. The summed E-state index contributed by atoms with van der Waals surface area (Å²) in [6.45, 7) is 4.36. The van der Waals surface area contributed by atoms with Crippen molar-refractivity contribution in [2.75, 3.05) is 6.54 Å². The second-order valence-electron chi connectivity index (χ2n) is 6.85. The quantitative estimate of drug-likeness (QED) is 0.741. The number of carbonyl (C=O) groups is 2. The average Bonchev–Trinajstić information content (AvgIpc) is 2.60.